The molecule has 0 saturated carbocycles. The van der Waals surface area contributed by atoms with Crippen LogP contribution in [0.5, 0.6) is 0 Å². The van der Waals surface area contributed by atoms with Crippen molar-refractivity contribution in [1.29, 1.82) is 0 Å². The normalized spacial score (nSPS) is 13.1. The van der Waals surface area contributed by atoms with Gasteiger partial charge in [-0.05, 0) is 32.3 Å². The molecule has 1 amide bonds. The Balaban J connectivity index is 1.53. The Morgan fingerprint density at radius 2 is 1.75 bits per heavy atom. The fraction of sp³-hybridized carbons (Fsp3) is 0.273. The second kappa shape index (κ2) is 9.46. The van der Waals surface area contributed by atoms with Gasteiger partial charge in [0.1, 0.15) is 0 Å². The minimum absolute atomic E-state index is 0.00479. The van der Waals surface area contributed by atoms with Gasteiger partial charge in [-0.3, -0.25) is 4.79 Å². The highest BCUT2D eigenvalue weighted by Gasteiger charge is 2.19. The van der Waals surface area contributed by atoms with E-state index in [0.717, 1.165) is 24.1 Å². The molecule has 1 heterocycles. The van der Waals surface area contributed by atoms with Gasteiger partial charge in [0, 0.05) is 11.6 Å². The molecular weight excluding hydrogens is 368 g/mol. The average Bonchev–Trinajstić information content (AvgIpc) is 3.08. The number of amides is 1. The summed E-state index contributed by atoms with van der Waals surface area (Å²) >= 11 is 1.37. The predicted molar refractivity (Wildman–Crippen MR) is 116 cm³/mol. The van der Waals surface area contributed by atoms with E-state index in [2.05, 4.69) is 22.4 Å². The smallest absolute Gasteiger partial charge is 0.233 e. The van der Waals surface area contributed by atoms with Gasteiger partial charge in [-0.15, -0.1) is 0 Å². The van der Waals surface area contributed by atoms with E-state index in [4.69, 9.17) is 5.84 Å². The molecule has 28 heavy (non-hydrogen) atoms. The lowest BCUT2D eigenvalue weighted by Crippen LogP contribution is -2.38. The number of aryl methyl sites for hydroxylation is 1. The van der Waals surface area contributed by atoms with Crippen molar-refractivity contribution in [2.45, 2.75) is 43.1 Å². The number of carbonyl (C=O) groups is 1. The summed E-state index contributed by atoms with van der Waals surface area (Å²) in [5.41, 5.74) is 3.08. The third-order valence-electron chi connectivity index (χ3n) is 4.52. The monoisotopic (exact) mass is 394 g/mol. The number of nitrogen functional groups attached to an aromatic ring is 1. The molecule has 0 spiro atoms. The van der Waals surface area contributed by atoms with E-state index in [-0.39, 0.29) is 17.2 Å². The third kappa shape index (κ3) is 5.39. The van der Waals surface area contributed by atoms with E-state index in [9.17, 15) is 4.79 Å². The molecule has 0 fully saturated rings. The maximum Gasteiger partial charge on any atom is 0.233 e. The van der Waals surface area contributed by atoms with Gasteiger partial charge in [0.25, 0.3) is 0 Å². The standard InChI is InChI=1S/C22H26N4OS/c1-16(13-14-18-9-5-3-6-10-18)24-21(27)17(2)28-22-25-20(15-26(22)23)19-11-7-4-8-12-19/h3-12,15-17H,13-14,23H2,1-2H3,(H,24,27)/t16-,17-/m1/s1. The Morgan fingerprint density at radius 3 is 2.43 bits per heavy atom. The molecule has 0 aliphatic heterocycles. The number of nitrogens with two attached hydrogens (primary N) is 1. The predicted octanol–water partition coefficient (Wildman–Crippen LogP) is 3.88. The highest BCUT2D eigenvalue weighted by molar-refractivity contribution is 8.00. The van der Waals surface area contributed by atoms with Crippen molar-refractivity contribution in [3.05, 3.63) is 72.4 Å². The molecule has 3 rings (SSSR count). The number of nitrogens with one attached hydrogen (secondary N) is 1. The lowest BCUT2D eigenvalue weighted by molar-refractivity contribution is -0.120. The van der Waals surface area contributed by atoms with Gasteiger partial charge >= 0.3 is 0 Å². The number of nitrogens with zero attached hydrogens (tertiary/aromatic N) is 2. The topological polar surface area (TPSA) is 72.9 Å². The summed E-state index contributed by atoms with van der Waals surface area (Å²) in [5, 5.41) is 3.43. The maximum atomic E-state index is 12.5. The van der Waals surface area contributed by atoms with Crippen LogP contribution < -0.4 is 11.2 Å². The molecule has 0 radical (unpaired) electrons. The fourth-order valence-corrected chi connectivity index (χ4v) is 3.70. The van der Waals surface area contributed by atoms with Crippen LogP contribution in [0.4, 0.5) is 0 Å². The number of benzene rings is 2. The molecule has 5 nitrogen and oxygen atoms in total. The van der Waals surface area contributed by atoms with Crippen LogP contribution in [-0.2, 0) is 11.2 Å². The molecule has 0 bridgehead atoms. The number of thioether (sulfide) groups is 1. The Bertz CT molecular complexity index is 895. The van der Waals surface area contributed by atoms with Gasteiger partial charge in [0.2, 0.25) is 5.91 Å². The van der Waals surface area contributed by atoms with Gasteiger partial charge in [-0.1, -0.05) is 72.4 Å². The second-order valence-electron chi connectivity index (χ2n) is 6.88. The van der Waals surface area contributed by atoms with Gasteiger partial charge in [0.15, 0.2) is 5.16 Å². The summed E-state index contributed by atoms with van der Waals surface area (Å²) in [6, 6.07) is 20.3. The summed E-state index contributed by atoms with van der Waals surface area (Å²) in [4.78, 5) is 17.1. The van der Waals surface area contributed by atoms with Crippen LogP contribution in [0.25, 0.3) is 11.3 Å². The van der Waals surface area contributed by atoms with Crippen molar-refractivity contribution in [2.24, 2.45) is 0 Å². The maximum absolute atomic E-state index is 12.5. The molecule has 6 heteroatoms. The number of hydrogen-bond acceptors (Lipinski definition) is 4. The number of hydrogen-bond donors (Lipinski definition) is 2. The fourth-order valence-electron chi connectivity index (χ4n) is 2.88. The summed E-state index contributed by atoms with van der Waals surface area (Å²) in [7, 11) is 0. The molecule has 3 aromatic rings. The van der Waals surface area contributed by atoms with Crippen molar-refractivity contribution in [2.75, 3.05) is 5.84 Å². The Hall–Kier alpha value is -2.73. The van der Waals surface area contributed by atoms with Crippen molar-refractivity contribution in [3.63, 3.8) is 0 Å². The van der Waals surface area contributed by atoms with Gasteiger partial charge in [-0.25, -0.2) is 9.66 Å². The number of rotatable bonds is 8. The Labute approximate surface area is 170 Å². The van der Waals surface area contributed by atoms with Gasteiger partial charge in [-0.2, -0.15) is 0 Å². The zero-order valence-electron chi connectivity index (χ0n) is 16.2. The molecular formula is C22H26N4OS. The lowest BCUT2D eigenvalue weighted by atomic mass is 10.1. The average molecular weight is 395 g/mol. The minimum atomic E-state index is -0.285. The van der Waals surface area contributed by atoms with E-state index in [0.29, 0.717) is 5.16 Å². The minimum Gasteiger partial charge on any atom is -0.353 e. The first-order valence-electron chi connectivity index (χ1n) is 9.44. The second-order valence-corrected chi connectivity index (χ2v) is 8.18. The van der Waals surface area contributed by atoms with Crippen molar-refractivity contribution in [1.82, 2.24) is 15.0 Å². The van der Waals surface area contributed by atoms with Crippen LogP contribution in [0, 0.1) is 0 Å². The molecule has 2 atom stereocenters. The van der Waals surface area contributed by atoms with E-state index in [1.807, 2.05) is 62.4 Å². The van der Waals surface area contributed by atoms with Gasteiger partial charge in [0.05, 0.1) is 17.1 Å². The van der Waals surface area contributed by atoms with Gasteiger partial charge < -0.3 is 11.2 Å². The Morgan fingerprint density at radius 1 is 1.11 bits per heavy atom. The van der Waals surface area contributed by atoms with E-state index in [1.54, 1.807) is 6.20 Å². The first-order valence-corrected chi connectivity index (χ1v) is 10.3. The molecule has 0 saturated heterocycles. The quantitative estimate of drug-likeness (QED) is 0.449. The van der Waals surface area contributed by atoms with Crippen LogP contribution in [0.15, 0.2) is 72.0 Å². The summed E-state index contributed by atoms with van der Waals surface area (Å²) < 4.78 is 1.48. The molecule has 0 unspecified atom stereocenters. The molecule has 3 N–H and O–H groups in total. The van der Waals surface area contributed by atoms with Crippen LogP contribution in [0.2, 0.25) is 0 Å². The van der Waals surface area contributed by atoms with Crippen LogP contribution in [0.1, 0.15) is 25.8 Å². The zero-order valence-corrected chi connectivity index (χ0v) is 17.0. The van der Waals surface area contributed by atoms with Crippen molar-refractivity contribution in [3.8, 4) is 11.3 Å². The number of aromatic nitrogens is 2. The summed E-state index contributed by atoms with van der Waals surface area (Å²) in [5.74, 6) is 6.04. The van der Waals surface area contributed by atoms with E-state index < -0.39 is 0 Å². The number of carbonyl (C=O) groups excluding carboxylic acids is 1. The van der Waals surface area contributed by atoms with Crippen molar-refractivity contribution >= 4 is 17.7 Å². The summed E-state index contributed by atoms with van der Waals surface area (Å²) in [6.45, 7) is 3.91. The molecule has 1 aromatic heterocycles. The van der Waals surface area contributed by atoms with Crippen LogP contribution in [-0.4, -0.2) is 26.9 Å². The zero-order chi connectivity index (χ0) is 19.9. The molecule has 146 valence electrons. The third-order valence-corrected chi connectivity index (χ3v) is 5.60. The first kappa shape index (κ1) is 20.0. The van der Waals surface area contributed by atoms with Crippen molar-refractivity contribution < 1.29 is 4.79 Å². The Kier molecular flexibility index (Phi) is 6.76. The first-order chi connectivity index (χ1) is 13.5. The van der Waals surface area contributed by atoms with Crippen LogP contribution >= 0.6 is 11.8 Å². The molecule has 0 aliphatic carbocycles. The number of imidazole rings is 1. The molecule has 0 aliphatic rings. The lowest BCUT2D eigenvalue weighted by Gasteiger charge is -2.17. The molecule has 2 aromatic carbocycles. The van der Waals surface area contributed by atoms with E-state index in [1.165, 1.54) is 22.0 Å². The highest BCUT2D eigenvalue weighted by Crippen LogP contribution is 2.25. The van der Waals surface area contributed by atoms with E-state index >= 15 is 0 Å². The van der Waals surface area contributed by atoms with Crippen LogP contribution in [0.3, 0.4) is 0 Å². The largest absolute Gasteiger partial charge is 0.353 e. The highest BCUT2D eigenvalue weighted by atomic mass is 32.2. The summed E-state index contributed by atoms with van der Waals surface area (Å²) in [6.07, 6.45) is 3.62. The SMILES string of the molecule is C[C@H](CCc1ccccc1)NC(=O)[C@@H](C)Sc1nc(-c2ccccc2)cn1N.